The van der Waals surface area contributed by atoms with Gasteiger partial charge in [-0.3, -0.25) is 9.59 Å². The van der Waals surface area contributed by atoms with E-state index in [9.17, 15) is 19.8 Å². The highest BCUT2D eigenvalue weighted by Gasteiger charge is 2.20. The molecule has 0 aromatic heterocycles. The van der Waals surface area contributed by atoms with E-state index >= 15 is 0 Å². The number of ether oxygens (including phenoxy) is 1. The summed E-state index contributed by atoms with van der Waals surface area (Å²) in [6.45, 7) is 4.99. The molecule has 0 fully saturated rings. The van der Waals surface area contributed by atoms with Crippen LogP contribution in [0.15, 0.2) is 12.2 Å². The Morgan fingerprint density at radius 1 is 0.346 bits per heavy atom. The summed E-state index contributed by atoms with van der Waals surface area (Å²) < 4.78 is 5.51. The summed E-state index contributed by atoms with van der Waals surface area (Å²) in [4.78, 5) is 24.6. The third kappa shape index (κ3) is 63.8. The van der Waals surface area contributed by atoms with Gasteiger partial charge in [-0.1, -0.05) is 360 Å². The van der Waals surface area contributed by atoms with Gasteiger partial charge in [0.05, 0.1) is 25.4 Å². The second kappa shape index (κ2) is 68.1. The summed E-state index contributed by atoms with van der Waals surface area (Å²) in [5.41, 5.74) is 0. The molecule has 0 bridgehead atoms. The summed E-state index contributed by atoms with van der Waals surface area (Å²) in [5, 5.41) is 23.4. The molecule has 0 aliphatic carbocycles. The number of esters is 1. The highest BCUT2D eigenvalue weighted by atomic mass is 16.5. The van der Waals surface area contributed by atoms with Crippen molar-refractivity contribution in [2.45, 2.75) is 424 Å². The molecule has 0 aromatic carbocycles. The van der Waals surface area contributed by atoms with Crippen molar-refractivity contribution < 1.29 is 24.5 Å². The lowest BCUT2D eigenvalue weighted by molar-refractivity contribution is -0.143. The SMILES string of the molecule is CCCCCCCCC/C=C\CCCCCCCCCC(=O)OCCCCCCCCCCCCCCCCCCCCCCCCCCC(=O)NC(CO)C(O)CCCCCCCCCCCCCCCCCCCCC. The maximum Gasteiger partial charge on any atom is 0.305 e. The van der Waals surface area contributed by atoms with Gasteiger partial charge in [0.15, 0.2) is 0 Å². The molecule has 0 aliphatic heterocycles. The molecule has 6 heteroatoms. The van der Waals surface area contributed by atoms with Crippen LogP contribution in [0, 0.1) is 0 Å². The topological polar surface area (TPSA) is 95.9 Å². The number of carbonyl (C=O) groups is 2. The van der Waals surface area contributed by atoms with E-state index in [-0.39, 0.29) is 18.5 Å². The van der Waals surface area contributed by atoms with Gasteiger partial charge in [0, 0.05) is 12.8 Å². The van der Waals surface area contributed by atoms with Crippen LogP contribution in [0.1, 0.15) is 412 Å². The van der Waals surface area contributed by atoms with Crippen molar-refractivity contribution in [3.63, 3.8) is 0 Å². The van der Waals surface area contributed by atoms with Gasteiger partial charge in [0.25, 0.3) is 0 Å². The Bertz CT molecular complexity index is 1180. The molecule has 0 saturated heterocycles. The molecule has 0 heterocycles. The summed E-state index contributed by atoms with van der Waals surface area (Å²) in [6.07, 6.45) is 84.0. The predicted octanol–water partition coefficient (Wildman–Crippen LogP) is 23.1. The molecule has 464 valence electrons. The fourth-order valence-electron chi connectivity index (χ4n) is 11.6. The van der Waals surface area contributed by atoms with Gasteiger partial charge in [0.2, 0.25) is 5.91 Å². The molecular weight excluding hydrogens is 959 g/mol. The van der Waals surface area contributed by atoms with E-state index in [0.717, 1.165) is 44.9 Å². The van der Waals surface area contributed by atoms with Crippen molar-refractivity contribution in [1.82, 2.24) is 5.32 Å². The van der Waals surface area contributed by atoms with E-state index in [1.165, 1.54) is 334 Å². The molecule has 3 N–H and O–H groups in total. The summed E-state index contributed by atoms with van der Waals surface area (Å²) in [7, 11) is 0. The Morgan fingerprint density at radius 3 is 0.910 bits per heavy atom. The van der Waals surface area contributed by atoms with Gasteiger partial charge in [-0.25, -0.2) is 0 Å². The van der Waals surface area contributed by atoms with E-state index in [1.807, 2.05) is 0 Å². The van der Waals surface area contributed by atoms with Crippen LogP contribution in [0.2, 0.25) is 0 Å². The van der Waals surface area contributed by atoms with E-state index in [2.05, 4.69) is 31.3 Å². The first kappa shape index (κ1) is 76.6. The van der Waals surface area contributed by atoms with Crippen LogP contribution >= 0.6 is 0 Å². The molecule has 0 rings (SSSR count). The van der Waals surface area contributed by atoms with Crippen LogP contribution in [0.4, 0.5) is 0 Å². The zero-order chi connectivity index (χ0) is 56.4. The van der Waals surface area contributed by atoms with Gasteiger partial charge < -0.3 is 20.3 Å². The highest BCUT2D eigenvalue weighted by molar-refractivity contribution is 5.76. The Hall–Kier alpha value is -1.40. The van der Waals surface area contributed by atoms with Crippen molar-refractivity contribution in [3.8, 4) is 0 Å². The number of nitrogens with one attached hydrogen (secondary N) is 1. The predicted molar refractivity (Wildman–Crippen MR) is 343 cm³/mol. The third-order valence-electron chi connectivity index (χ3n) is 17.1. The first-order valence-corrected chi connectivity index (χ1v) is 35.9. The molecule has 0 radical (unpaired) electrons. The number of hydrogen-bond donors (Lipinski definition) is 3. The Labute approximate surface area is 489 Å². The monoisotopic (exact) mass is 1100 g/mol. The minimum absolute atomic E-state index is 0.0138. The van der Waals surface area contributed by atoms with Crippen LogP contribution in [0.25, 0.3) is 0 Å². The Balaban J connectivity index is 3.35. The first-order valence-electron chi connectivity index (χ1n) is 35.9. The molecule has 0 spiro atoms. The van der Waals surface area contributed by atoms with Crippen LogP contribution < -0.4 is 5.32 Å². The second-order valence-electron chi connectivity index (χ2n) is 24.9. The maximum absolute atomic E-state index is 12.5. The van der Waals surface area contributed by atoms with Gasteiger partial charge in [-0.2, -0.15) is 0 Å². The number of amides is 1. The molecule has 6 nitrogen and oxygen atoms in total. The molecule has 1 amide bonds. The van der Waals surface area contributed by atoms with Gasteiger partial charge >= 0.3 is 5.97 Å². The van der Waals surface area contributed by atoms with Crippen molar-refractivity contribution in [2.24, 2.45) is 0 Å². The van der Waals surface area contributed by atoms with Crippen LogP contribution in [-0.2, 0) is 14.3 Å². The molecule has 78 heavy (non-hydrogen) atoms. The number of rotatable bonds is 68. The number of aliphatic hydroxyl groups excluding tert-OH is 2. The van der Waals surface area contributed by atoms with E-state index in [4.69, 9.17) is 4.74 Å². The zero-order valence-electron chi connectivity index (χ0n) is 53.2. The lowest BCUT2D eigenvalue weighted by Gasteiger charge is -2.22. The molecule has 0 aromatic rings. The zero-order valence-corrected chi connectivity index (χ0v) is 53.2. The lowest BCUT2D eigenvalue weighted by atomic mass is 10.0. The van der Waals surface area contributed by atoms with Gasteiger partial charge in [-0.15, -0.1) is 0 Å². The second-order valence-corrected chi connectivity index (χ2v) is 24.9. The first-order chi connectivity index (χ1) is 38.5. The number of allylic oxidation sites excluding steroid dienone is 2. The number of aliphatic hydroxyl groups is 2. The molecule has 0 aliphatic rings. The molecule has 0 saturated carbocycles. The molecule has 2 unspecified atom stereocenters. The van der Waals surface area contributed by atoms with Gasteiger partial charge in [0.1, 0.15) is 0 Å². The summed E-state index contributed by atoms with van der Waals surface area (Å²) in [6, 6.07) is -0.541. The average molecular weight is 1100 g/mol. The fourth-order valence-corrected chi connectivity index (χ4v) is 11.6. The molecular formula is C72H141NO5. The van der Waals surface area contributed by atoms with Gasteiger partial charge in [-0.05, 0) is 51.4 Å². The quantitative estimate of drug-likeness (QED) is 0.0320. The molecule has 2 atom stereocenters. The number of carbonyl (C=O) groups excluding carboxylic acids is 2. The summed E-state index contributed by atoms with van der Waals surface area (Å²) in [5.74, 6) is -0.0154. The van der Waals surface area contributed by atoms with E-state index < -0.39 is 12.1 Å². The van der Waals surface area contributed by atoms with Crippen LogP contribution in [-0.4, -0.2) is 47.4 Å². The number of unbranched alkanes of at least 4 members (excludes halogenated alkanes) is 55. The maximum atomic E-state index is 12.5. The average Bonchev–Trinajstić information content (AvgIpc) is 3.44. The van der Waals surface area contributed by atoms with Crippen LogP contribution in [0.5, 0.6) is 0 Å². The number of hydrogen-bond acceptors (Lipinski definition) is 5. The largest absolute Gasteiger partial charge is 0.466 e. The normalized spacial score (nSPS) is 12.5. The van der Waals surface area contributed by atoms with Crippen molar-refractivity contribution >= 4 is 11.9 Å². The third-order valence-corrected chi connectivity index (χ3v) is 17.1. The van der Waals surface area contributed by atoms with E-state index in [1.54, 1.807) is 0 Å². The summed E-state index contributed by atoms with van der Waals surface area (Å²) >= 11 is 0. The standard InChI is InChI=1S/C72H141NO5/c1-3-5-7-9-11-13-15-17-19-21-29-32-36-40-44-48-52-56-60-64-70(75)69(68-74)73-71(76)65-61-57-53-49-45-41-37-33-30-27-25-23-24-26-28-31-35-39-43-47-51-55-59-63-67-78-72(77)66-62-58-54-50-46-42-38-34-22-20-18-16-14-12-10-8-6-4-2/h20,22,69-70,74-75H,3-19,21,23-68H2,1-2H3,(H,73,76)/b22-20-. The minimum Gasteiger partial charge on any atom is -0.466 e. The Kier molecular flexibility index (Phi) is 66.9. The van der Waals surface area contributed by atoms with Crippen LogP contribution in [0.3, 0.4) is 0 Å². The van der Waals surface area contributed by atoms with E-state index in [0.29, 0.717) is 25.9 Å². The lowest BCUT2D eigenvalue weighted by Crippen LogP contribution is -2.45. The Morgan fingerprint density at radius 2 is 0.603 bits per heavy atom. The minimum atomic E-state index is -0.664. The van der Waals surface area contributed by atoms with Crippen molar-refractivity contribution in [1.29, 1.82) is 0 Å². The van der Waals surface area contributed by atoms with Crippen molar-refractivity contribution in [2.75, 3.05) is 13.2 Å². The highest BCUT2D eigenvalue weighted by Crippen LogP contribution is 2.19. The van der Waals surface area contributed by atoms with Crippen molar-refractivity contribution in [3.05, 3.63) is 12.2 Å². The smallest absolute Gasteiger partial charge is 0.305 e. The fraction of sp³-hybridized carbons (Fsp3) is 0.944.